The Morgan fingerprint density at radius 1 is 1.41 bits per heavy atom. The van der Waals surface area contributed by atoms with Crippen molar-refractivity contribution in [2.24, 2.45) is 0 Å². The molecule has 0 fully saturated rings. The first-order valence-electron chi connectivity index (χ1n) is 7.63. The van der Waals surface area contributed by atoms with Crippen LogP contribution in [-0.2, 0) is 22.8 Å². The van der Waals surface area contributed by atoms with Gasteiger partial charge < -0.3 is 11.1 Å². The minimum atomic E-state index is -3.46. The Kier molecular flexibility index (Phi) is 4.05. The summed E-state index contributed by atoms with van der Waals surface area (Å²) in [6.45, 7) is 3.60. The number of nitrogen functional groups attached to an aromatic ring is 1. The molecule has 2 aromatic heterocycles. The van der Waals surface area contributed by atoms with Gasteiger partial charge in [0.25, 0.3) is 0 Å². The van der Waals surface area contributed by atoms with E-state index in [1.165, 1.54) is 4.52 Å². The van der Waals surface area contributed by atoms with E-state index < -0.39 is 9.84 Å². The fraction of sp³-hybridized carbons (Fsp3) is 0.571. The molecule has 3 rings (SSSR count). The quantitative estimate of drug-likeness (QED) is 0.793. The zero-order valence-electron chi connectivity index (χ0n) is 12.7. The summed E-state index contributed by atoms with van der Waals surface area (Å²) in [5.41, 5.74) is 8.20. The number of sulfone groups is 1. The predicted octanol–water partition coefficient (Wildman–Crippen LogP) is 0.921. The van der Waals surface area contributed by atoms with Crippen LogP contribution in [0.3, 0.4) is 0 Å². The van der Waals surface area contributed by atoms with Gasteiger partial charge in [0.2, 0.25) is 0 Å². The van der Waals surface area contributed by atoms with E-state index in [2.05, 4.69) is 15.4 Å². The maximum atomic E-state index is 12.6. The van der Waals surface area contributed by atoms with Crippen LogP contribution in [0.5, 0.6) is 0 Å². The Labute approximate surface area is 129 Å². The minimum absolute atomic E-state index is 0.0410. The summed E-state index contributed by atoms with van der Waals surface area (Å²) in [7, 11) is -3.46. The number of nitrogens with two attached hydrogens (primary N) is 1. The molecular weight excluding hydrogens is 302 g/mol. The van der Waals surface area contributed by atoms with Gasteiger partial charge in [-0.1, -0.05) is 19.8 Å². The Bertz CT molecular complexity index is 797. The van der Waals surface area contributed by atoms with Crippen molar-refractivity contribution >= 4 is 21.3 Å². The first-order chi connectivity index (χ1) is 10.5. The number of hydrogen-bond acceptors (Lipinski definition) is 6. The lowest BCUT2D eigenvalue weighted by atomic mass is 10.1. The van der Waals surface area contributed by atoms with Crippen LogP contribution in [0, 0.1) is 0 Å². The zero-order chi connectivity index (χ0) is 15.7. The Balaban J connectivity index is 2.07. The van der Waals surface area contributed by atoms with Crippen LogP contribution in [0.25, 0.3) is 5.65 Å². The molecule has 0 radical (unpaired) electrons. The van der Waals surface area contributed by atoms with Gasteiger partial charge in [0, 0.05) is 31.3 Å². The highest BCUT2D eigenvalue weighted by atomic mass is 32.2. The molecule has 0 saturated heterocycles. The summed E-state index contributed by atoms with van der Waals surface area (Å²) in [6, 6.07) is 0. The highest BCUT2D eigenvalue weighted by molar-refractivity contribution is 7.91. The molecule has 120 valence electrons. The largest absolute Gasteiger partial charge is 0.381 e. The third kappa shape index (κ3) is 2.68. The predicted molar refractivity (Wildman–Crippen MR) is 84.4 cm³/mol. The Morgan fingerprint density at radius 3 is 3.00 bits per heavy atom. The van der Waals surface area contributed by atoms with Crippen molar-refractivity contribution in [1.29, 1.82) is 0 Å². The monoisotopic (exact) mass is 323 g/mol. The smallest absolute Gasteiger partial charge is 0.185 e. The van der Waals surface area contributed by atoms with Crippen molar-refractivity contribution in [3.05, 3.63) is 17.5 Å². The summed E-state index contributed by atoms with van der Waals surface area (Å²) in [6.07, 6.45) is 5.09. The number of anilines is 1. The second-order valence-corrected chi connectivity index (χ2v) is 7.69. The number of aromatic nitrogens is 3. The molecule has 1 aliphatic heterocycles. The first-order valence-corrected chi connectivity index (χ1v) is 9.28. The normalized spacial score (nSPS) is 15.1. The zero-order valence-corrected chi connectivity index (χ0v) is 13.5. The van der Waals surface area contributed by atoms with E-state index in [1.54, 1.807) is 0 Å². The number of nitrogens with zero attached hydrogens (tertiary/aromatic N) is 3. The molecule has 3 heterocycles. The molecule has 0 unspecified atom stereocenters. The third-order valence-electron chi connectivity index (χ3n) is 3.94. The van der Waals surface area contributed by atoms with Crippen LogP contribution in [-0.4, -0.2) is 35.3 Å². The van der Waals surface area contributed by atoms with Crippen LogP contribution in [0.2, 0.25) is 0 Å². The van der Waals surface area contributed by atoms with Crippen molar-refractivity contribution in [1.82, 2.24) is 19.9 Å². The average Bonchev–Trinajstić information content (AvgIpc) is 2.80. The van der Waals surface area contributed by atoms with Crippen LogP contribution in [0.15, 0.2) is 11.1 Å². The van der Waals surface area contributed by atoms with Crippen molar-refractivity contribution < 1.29 is 8.42 Å². The number of hydrogen-bond donors (Lipinski definition) is 2. The molecule has 0 aromatic carbocycles. The standard InChI is InChI=1S/C14H21N5O2S/c1-2-3-4-7-22(20,21)12-13(15)18-19-9-10-8-16-6-5-11(10)17-14(12)19/h9,16H,2-8H2,1H3,(H2,15,18). The molecule has 0 amide bonds. The summed E-state index contributed by atoms with van der Waals surface area (Å²) >= 11 is 0. The number of fused-ring (bicyclic) bond motifs is 2. The van der Waals surface area contributed by atoms with Gasteiger partial charge in [-0.3, -0.25) is 0 Å². The van der Waals surface area contributed by atoms with Crippen LogP contribution < -0.4 is 11.1 Å². The summed E-state index contributed by atoms with van der Waals surface area (Å²) in [4.78, 5) is 4.62. The molecule has 0 spiro atoms. The van der Waals surface area contributed by atoms with Gasteiger partial charge in [0.15, 0.2) is 26.2 Å². The van der Waals surface area contributed by atoms with Crippen molar-refractivity contribution in [3.8, 4) is 0 Å². The third-order valence-corrected chi connectivity index (χ3v) is 5.78. The Hall–Kier alpha value is -1.67. The average molecular weight is 323 g/mol. The van der Waals surface area contributed by atoms with Gasteiger partial charge in [-0.2, -0.15) is 0 Å². The van der Waals surface area contributed by atoms with E-state index >= 15 is 0 Å². The maximum Gasteiger partial charge on any atom is 0.185 e. The maximum absolute atomic E-state index is 12.6. The number of unbranched alkanes of at least 4 members (excludes halogenated alkanes) is 2. The molecule has 7 nitrogen and oxygen atoms in total. The molecule has 8 heteroatoms. The lowest BCUT2D eigenvalue weighted by Gasteiger charge is -2.15. The molecular formula is C14H21N5O2S. The van der Waals surface area contributed by atoms with E-state index in [0.717, 1.165) is 43.6 Å². The fourth-order valence-electron chi connectivity index (χ4n) is 2.78. The topological polar surface area (TPSA) is 102 Å². The minimum Gasteiger partial charge on any atom is -0.381 e. The van der Waals surface area contributed by atoms with Crippen LogP contribution >= 0.6 is 0 Å². The van der Waals surface area contributed by atoms with E-state index in [9.17, 15) is 8.42 Å². The molecule has 3 N–H and O–H groups in total. The van der Waals surface area contributed by atoms with Gasteiger partial charge in [0.05, 0.1) is 11.4 Å². The van der Waals surface area contributed by atoms with E-state index in [1.807, 2.05) is 13.1 Å². The lowest BCUT2D eigenvalue weighted by Crippen LogP contribution is -2.25. The summed E-state index contributed by atoms with van der Waals surface area (Å²) < 4.78 is 26.7. The Morgan fingerprint density at radius 2 is 2.23 bits per heavy atom. The lowest BCUT2D eigenvalue weighted by molar-refractivity contribution is 0.591. The van der Waals surface area contributed by atoms with Gasteiger partial charge >= 0.3 is 0 Å². The first kappa shape index (κ1) is 15.2. The summed E-state index contributed by atoms with van der Waals surface area (Å²) in [5.74, 6) is 0.131. The van der Waals surface area contributed by atoms with Crippen LogP contribution in [0.4, 0.5) is 5.82 Å². The molecule has 0 saturated carbocycles. The second kappa shape index (κ2) is 5.85. The number of rotatable bonds is 5. The van der Waals surface area contributed by atoms with Crippen molar-refractivity contribution in [3.63, 3.8) is 0 Å². The van der Waals surface area contributed by atoms with Crippen molar-refractivity contribution in [2.45, 2.75) is 44.0 Å². The second-order valence-electron chi connectivity index (χ2n) is 5.65. The molecule has 2 aromatic rings. The molecule has 0 atom stereocenters. The van der Waals surface area contributed by atoms with Gasteiger partial charge in [-0.15, -0.1) is 5.10 Å². The highest BCUT2D eigenvalue weighted by Crippen LogP contribution is 2.26. The van der Waals surface area contributed by atoms with E-state index in [4.69, 9.17) is 5.73 Å². The molecule has 0 bridgehead atoms. The van der Waals surface area contributed by atoms with Gasteiger partial charge in [0.1, 0.15) is 0 Å². The van der Waals surface area contributed by atoms with Gasteiger partial charge in [-0.25, -0.2) is 17.9 Å². The van der Waals surface area contributed by atoms with Crippen molar-refractivity contribution in [2.75, 3.05) is 18.0 Å². The van der Waals surface area contributed by atoms with E-state index in [-0.39, 0.29) is 16.5 Å². The SMILES string of the molecule is CCCCCS(=O)(=O)c1c(N)nn2cc3c(nc12)CCNC3. The highest BCUT2D eigenvalue weighted by Gasteiger charge is 2.26. The fourth-order valence-corrected chi connectivity index (χ4v) is 4.34. The molecule has 22 heavy (non-hydrogen) atoms. The molecule has 1 aliphatic rings. The van der Waals surface area contributed by atoms with Crippen LogP contribution in [0.1, 0.15) is 37.4 Å². The molecule has 0 aliphatic carbocycles. The van der Waals surface area contributed by atoms with E-state index in [0.29, 0.717) is 12.1 Å². The van der Waals surface area contributed by atoms with Gasteiger partial charge in [-0.05, 0) is 6.42 Å². The number of nitrogens with one attached hydrogen (secondary N) is 1. The summed E-state index contributed by atoms with van der Waals surface area (Å²) in [5, 5.41) is 7.40.